The number of ether oxygens (including phenoxy) is 2. The average molecular weight is 952 g/mol. The molecule has 66 heavy (non-hydrogen) atoms. The molecular formula is C57H110NO7P. The van der Waals surface area contributed by atoms with Crippen LogP contribution in [0.4, 0.5) is 0 Å². The van der Waals surface area contributed by atoms with E-state index in [0.29, 0.717) is 13.0 Å². The topological polar surface area (TPSA) is 117 Å². The quantitative estimate of drug-likeness (QED) is 0.0268. The highest BCUT2D eigenvalue weighted by molar-refractivity contribution is 7.47. The maximum Gasteiger partial charge on any atom is 0.472 e. The summed E-state index contributed by atoms with van der Waals surface area (Å²) in [5.74, 6) is -0.332. The zero-order valence-corrected chi connectivity index (χ0v) is 44.6. The van der Waals surface area contributed by atoms with Crippen LogP contribution in [0.5, 0.6) is 0 Å². The molecule has 0 heterocycles. The molecule has 9 heteroatoms. The molecular weight excluding hydrogens is 842 g/mol. The Hall–Kier alpha value is -1.28. The fourth-order valence-corrected chi connectivity index (χ4v) is 9.13. The molecule has 0 rings (SSSR count). The van der Waals surface area contributed by atoms with Crippen LogP contribution in [-0.4, -0.2) is 49.9 Å². The number of nitrogens with two attached hydrogens (primary N) is 1. The molecule has 0 aromatic heterocycles. The first kappa shape index (κ1) is 64.7. The number of phosphoric ester groups is 1. The number of esters is 1. The van der Waals surface area contributed by atoms with E-state index in [1.165, 1.54) is 212 Å². The number of phosphoric acid groups is 1. The van der Waals surface area contributed by atoms with Crippen LogP contribution < -0.4 is 5.73 Å². The Morgan fingerprint density at radius 1 is 0.455 bits per heavy atom. The third-order valence-electron chi connectivity index (χ3n) is 12.6. The SMILES string of the molecule is CCCCCCC/C=C\C/C=C\C/C=C\CCCCCCCCCCC(=O)OC(COCCCCCCCCCCCCCCCCCCCCCCCCCC)COP(=O)(O)OCCN. The summed E-state index contributed by atoms with van der Waals surface area (Å²) in [6, 6.07) is 0. The van der Waals surface area contributed by atoms with Crippen LogP contribution in [0, 0.1) is 0 Å². The summed E-state index contributed by atoms with van der Waals surface area (Å²) in [4.78, 5) is 22.7. The predicted molar refractivity (Wildman–Crippen MR) is 284 cm³/mol. The number of hydrogen-bond donors (Lipinski definition) is 2. The number of hydrogen-bond acceptors (Lipinski definition) is 7. The minimum absolute atomic E-state index is 0.0956. The average Bonchev–Trinajstić information content (AvgIpc) is 3.31. The van der Waals surface area contributed by atoms with Crippen molar-refractivity contribution < 1.29 is 32.8 Å². The van der Waals surface area contributed by atoms with Crippen molar-refractivity contribution in [3.8, 4) is 0 Å². The van der Waals surface area contributed by atoms with Gasteiger partial charge in [-0.3, -0.25) is 13.8 Å². The molecule has 0 fully saturated rings. The standard InChI is InChI=1S/C57H110NO7P/c1-3-5-7-9-11-13-15-17-19-21-23-25-27-29-31-33-35-37-39-41-43-45-47-49-52-62-54-56(55-64-66(60,61)63-53-51-58)65-57(59)50-48-46-44-42-40-38-36-34-32-30-28-26-24-22-20-18-16-14-12-10-8-6-4-2/h16,18,22,24,28,30,56H,3-15,17,19-21,23,25-27,29,31-55,58H2,1-2H3,(H,60,61)/b18-16-,24-22-,30-28-. The molecule has 0 bridgehead atoms. The summed E-state index contributed by atoms with van der Waals surface area (Å²) in [6.07, 6.45) is 66.2. The maximum absolute atomic E-state index is 12.7. The Bertz CT molecular complexity index is 1110. The van der Waals surface area contributed by atoms with Crippen LogP contribution in [0.3, 0.4) is 0 Å². The third kappa shape index (κ3) is 53.7. The van der Waals surface area contributed by atoms with E-state index in [1.54, 1.807) is 0 Å². The van der Waals surface area contributed by atoms with E-state index >= 15 is 0 Å². The van der Waals surface area contributed by atoms with Gasteiger partial charge in [-0.05, 0) is 51.4 Å². The van der Waals surface area contributed by atoms with Crippen LogP contribution in [0.1, 0.15) is 284 Å². The van der Waals surface area contributed by atoms with Crippen molar-refractivity contribution in [3.63, 3.8) is 0 Å². The van der Waals surface area contributed by atoms with E-state index in [9.17, 15) is 14.3 Å². The first-order valence-corrected chi connectivity index (χ1v) is 30.0. The number of carbonyl (C=O) groups is 1. The van der Waals surface area contributed by atoms with Gasteiger partial charge in [0.05, 0.1) is 19.8 Å². The summed E-state index contributed by atoms with van der Waals surface area (Å²) in [7, 11) is -4.29. The second-order valence-electron chi connectivity index (χ2n) is 19.2. The maximum atomic E-state index is 12.7. The van der Waals surface area contributed by atoms with Crippen molar-refractivity contribution in [2.24, 2.45) is 5.73 Å². The number of allylic oxidation sites excluding steroid dienone is 6. The van der Waals surface area contributed by atoms with Gasteiger partial charge >= 0.3 is 13.8 Å². The first-order chi connectivity index (χ1) is 32.4. The third-order valence-corrected chi connectivity index (χ3v) is 13.5. The molecule has 0 aromatic carbocycles. The van der Waals surface area contributed by atoms with Crippen molar-refractivity contribution >= 4 is 13.8 Å². The summed E-state index contributed by atoms with van der Waals surface area (Å²) in [5, 5.41) is 0. The molecule has 8 nitrogen and oxygen atoms in total. The van der Waals surface area contributed by atoms with Crippen LogP contribution >= 0.6 is 7.82 Å². The van der Waals surface area contributed by atoms with Gasteiger partial charge in [-0.25, -0.2) is 4.57 Å². The molecule has 0 aliphatic heterocycles. The minimum Gasteiger partial charge on any atom is -0.457 e. The van der Waals surface area contributed by atoms with Crippen LogP contribution in [-0.2, 0) is 27.9 Å². The van der Waals surface area contributed by atoms with Crippen LogP contribution in [0.2, 0.25) is 0 Å². The largest absolute Gasteiger partial charge is 0.472 e. The normalized spacial score (nSPS) is 13.5. The zero-order chi connectivity index (χ0) is 48.0. The molecule has 3 N–H and O–H groups in total. The van der Waals surface area contributed by atoms with Gasteiger partial charge in [0.25, 0.3) is 0 Å². The van der Waals surface area contributed by atoms with Crippen molar-refractivity contribution in [1.29, 1.82) is 0 Å². The highest BCUT2D eigenvalue weighted by atomic mass is 31.2. The molecule has 0 aliphatic carbocycles. The lowest BCUT2D eigenvalue weighted by Crippen LogP contribution is -2.28. The van der Waals surface area contributed by atoms with Crippen molar-refractivity contribution in [2.45, 2.75) is 290 Å². The van der Waals surface area contributed by atoms with Crippen molar-refractivity contribution in [1.82, 2.24) is 0 Å². The second kappa shape index (κ2) is 54.7. The smallest absolute Gasteiger partial charge is 0.457 e. The van der Waals surface area contributed by atoms with Gasteiger partial charge in [-0.2, -0.15) is 0 Å². The molecule has 0 saturated heterocycles. The van der Waals surface area contributed by atoms with E-state index in [1.807, 2.05) is 0 Å². The molecule has 0 amide bonds. The van der Waals surface area contributed by atoms with Gasteiger partial charge in [0.15, 0.2) is 0 Å². The summed E-state index contributed by atoms with van der Waals surface area (Å²) < 4.78 is 33.7. The molecule has 0 aliphatic rings. The van der Waals surface area contributed by atoms with Gasteiger partial charge in [-0.1, -0.05) is 262 Å². The Morgan fingerprint density at radius 3 is 1.20 bits per heavy atom. The monoisotopic (exact) mass is 952 g/mol. The Balaban J connectivity index is 3.88. The van der Waals surface area contributed by atoms with Gasteiger partial charge in [0.1, 0.15) is 6.10 Å². The molecule has 0 radical (unpaired) electrons. The molecule has 390 valence electrons. The minimum atomic E-state index is -4.29. The molecule has 2 unspecified atom stereocenters. The van der Waals surface area contributed by atoms with E-state index in [2.05, 4.69) is 50.3 Å². The van der Waals surface area contributed by atoms with Crippen LogP contribution in [0.15, 0.2) is 36.5 Å². The number of rotatable bonds is 55. The van der Waals surface area contributed by atoms with Crippen molar-refractivity contribution in [2.75, 3.05) is 33.0 Å². The molecule has 0 saturated carbocycles. The van der Waals surface area contributed by atoms with E-state index in [4.69, 9.17) is 24.3 Å². The summed E-state index contributed by atoms with van der Waals surface area (Å²) >= 11 is 0. The van der Waals surface area contributed by atoms with Gasteiger partial charge < -0.3 is 20.1 Å². The highest BCUT2D eigenvalue weighted by Gasteiger charge is 2.25. The van der Waals surface area contributed by atoms with E-state index in [0.717, 1.165) is 51.4 Å². The lowest BCUT2D eigenvalue weighted by Gasteiger charge is -2.20. The lowest BCUT2D eigenvalue weighted by atomic mass is 10.0. The van der Waals surface area contributed by atoms with Crippen LogP contribution in [0.25, 0.3) is 0 Å². The highest BCUT2D eigenvalue weighted by Crippen LogP contribution is 2.43. The van der Waals surface area contributed by atoms with Crippen molar-refractivity contribution in [3.05, 3.63) is 36.5 Å². The lowest BCUT2D eigenvalue weighted by molar-refractivity contribution is -0.154. The van der Waals surface area contributed by atoms with E-state index in [-0.39, 0.29) is 32.3 Å². The van der Waals surface area contributed by atoms with Gasteiger partial charge in [-0.15, -0.1) is 0 Å². The summed E-state index contributed by atoms with van der Waals surface area (Å²) in [5.41, 5.74) is 5.40. The van der Waals surface area contributed by atoms with E-state index < -0.39 is 13.9 Å². The fourth-order valence-electron chi connectivity index (χ4n) is 8.36. The number of carbonyl (C=O) groups excluding carboxylic acids is 1. The Kier molecular flexibility index (Phi) is 53.6. The molecule has 2 atom stereocenters. The molecule has 0 spiro atoms. The van der Waals surface area contributed by atoms with Gasteiger partial charge in [0, 0.05) is 19.6 Å². The summed E-state index contributed by atoms with van der Waals surface area (Å²) in [6.45, 7) is 4.96. The Labute approximate surface area is 409 Å². The predicted octanol–water partition coefficient (Wildman–Crippen LogP) is 18.1. The zero-order valence-electron chi connectivity index (χ0n) is 43.7. The first-order valence-electron chi connectivity index (χ1n) is 28.5. The fraction of sp³-hybridized carbons (Fsp3) is 0.877. The Morgan fingerprint density at radius 2 is 0.803 bits per heavy atom. The molecule has 0 aromatic rings. The van der Waals surface area contributed by atoms with Gasteiger partial charge in [0.2, 0.25) is 0 Å². The second-order valence-corrected chi connectivity index (χ2v) is 20.6. The number of unbranched alkanes of at least 4 members (excludes halogenated alkanes) is 36.